The van der Waals surface area contributed by atoms with Gasteiger partial charge in [0, 0.05) is 48.9 Å². The van der Waals surface area contributed by atoms with Gasteiger partial charge in [-0.05, 0) is 31.1 Å². The van der Waals surface area contributed by atoms with E-state index in [0.717, 1.165) is 35.7 Å². The third-order valence-corrected chi connectivity index (χ3v) is 4.32. The second kappa shape index (κ2) is 7.31. The predicted molar refractivity (Wildman–Crippen MR) is 100 cm³/mol. The first kappa shape index (κ1) is 16.2. The molecule has 0 saturated carbocycles. The standard InChI is InChI=1S/C20H19N5O/c26-20(8-7-17-13-21-9-10-22-17)23-16-5-3-4-15(12-16)18-14-25-11-2-1-6-19(25)24-18/h3-5,7-10,12-14H,1-2,6,11H2,(H,23,26)/b8-7-. The highest BCUT2D eigenvalue weighted by Crippen LogP contribution is 2.24. The molecule has 0 fully saturated rings. The van der Waals surface area contributed by atoms with Crippen molar-refractivity contribution in [1.82, 2.24) is 19.5 Å². The highest BCUT2D eigenvalue weighted by atomic mass is 16.1. The van der Waals surface area contributed by atoms with Gasteiger partial charge in [0.25, 0.3) is 0 Å². The lowest BCUT2D eigenvalue weighted by Crippen LogP contribution is -2.08. The van der Waals surface area contributed by atoms with E-state index in [1.165, 1.54) is 18.9 Å². The van der Waals surface area contributed by atoms with Crippen molar-refractivity contribution in [2.24, 2.45) is 0 Å². The molecule has 0 aliphatic carbocycles. The summed E-state index contributed by atoms with van der Waals surface area (Å²) in [5, 5.41) is 2.88. The number of hydrogen-bond acceptors (Lipinski definition) is 4. The van der Waals surface area contributed by atoms with Gasteiger partial charge in [-0.2, -0.15) is 0 Å². The number of aromatic nitrogens is 4. The second-order valence-corrected chi connectivity index (χ2v) is 6.23. The fourth-order valence-electron chi connectivity index (χ4n) is 3.05. The number of amides is 1. The van der Waals surface area contributed by atoms with Gasteiger partial charge < -0.3 is 9.88 Å². The molecule has 0 atom stereocenters. The Morgan fingerprint density at radius 3 is 3.04 bits per heavy atom. The maximum absolute atomic E-state index is 12.1. The molecule has 0 radical (unpaired) electrons. The maximum atomic E-state index is 12.1. The zero-order valence-corrected chi connectivity index (χ0v) is 14.3. The smallest absolute Gasteiger partial charge is 0.248 e. The lowest BCUT2D eigenvalue weighted by Gasteiger charge is -2.11. The van der Waals surface area contributed by atoms with E-state index >= 15 is 0 Å². The number of nitrogens with zero attached hydrogens (tertiary/aromatic N) is 4. The van der Waals surface area contributed by atoms with Crippen LogP contribution in [0.15, 0.2) is 55.1 Å². The number of benzene rings is 1. The molecule has 0 spiro atoms. The average molecular weight is 345 g/mol. The van der Waals surface area contributed by atoms with Crippen LogP contribution in [0.1, 0.15) is 24.4 Å². The van der Waals surface area contributed by atoms with E-state index in [1.54, 1.807) is 24.7 Å². The summed E-state index contributed by atoms with van der Waals surface area (Å²) in [5.41, 5.74) is 3.33. The first-order chi connectivity index (χ1) is 12.8. The number of fused-ring (bicyclic) bond motifs is 1. The zero-order chi connectivity index (χ0) is 17.8. The minimum atomic E-state index is -0.211. The zero-order valence-electron chi connectivity index (χ0n) is 14.3. The summed E-state index contributed by atoms with van der Waals surface area (Å²) < 4.78 is 2.23. The molecule has 3 heterocycles. The van der Waals surface area contributed by atoms with Crippen LogP contribution < -0.4 is 5.32 Å². The summed E-state index contributed by atoms with van der Waals surface area (Å²) in [6.45, 7) is 1.03. The van der Waals surface area contributed by atoms with Gasteiger partial charge >= 0.3 is 0 Å². The van der Waals surface area contributed by atoms with Crippen molar-refractivity contribution < 1.29 is 4.79 Å². The summed E-state index contributed by atoms with van der Waals surface area (Å²) in [7, 11) is 0. The molecule has 4 rings (SSSR count). The van der Waals surface area contributed by atoms with Crippen molar-refractivity contribution in [2.45, 2.75) is 25.8 Å². The van der Waals surface area contributed by atoms with E-state index in [9.17, 15) is 4.79 Å². The molecule has 1 aliphatic rings. The third-order valence-electron chi connectivity index (χ3n) is 4.32. The molecule has 6 nitrogen and oxygen atoms in total. The molecular weight excluding hydrogens is 326 g/mol. The van der Waals surface area contributed by atoms with Crippen molar-refractivity contribution in [2.75, 3.05) is 5.32 Å². The lowest BCUT2D eigenvalue weighted by molar-refractivity contribution is -0.111. The van der Waals surface area contributed by atoms with Gasteiger partial charge in [-0.15, -0.1) is 0 Å². The first-order valence-electron chi connectivity index (χ1n) is 8.69. The molecule has 1 N–H and O–H groups in total. The number of anilines is 1. The fourth-order valence-corrected chi connectivity index (χ4v) is 3.05. The predicted octanol–water partition coefficient (Wildman–Crippen LogP) is 3.33. The van der Waals surface area contributed by atoms with E-state index in [-0.39, 0.29) is 5.91 Å². The van der Waals surface area contributed by atoms with Gasteiger partial charge in [0.1, 0.15) is 5.82 Å². The number of carbonyl (C=O) groups excluding carboxylic acids is 1. The van der Waals surface area contributed by atoms with Gasteiger partial charge in [0.2, 0.25) is 5.91 Å². The molecule has 26 heavy (non-hydrogen) atoms. The average Bonchev–Trinajstić information content (AvgIpc) is 3.12. The monoisotopic (exact) mass is 345 g/mol. The van der Waals surface area contributed by atoms with Crippen molar-refractivity contribution >= 4 is 17.7 Å². The summed E-state index contributed by atoms with van der Waals surface area (Å²) in [4.78, 5) is 24.9. The largest absolute Gasteiger partial charge is 0.334 e. The Morgan fingerprint density at radius 2 is 2.19 bits per heavy atom. The van der Waals surface area contributed by atoms with Gasteiger partial charge in [-0.3, -0.25) is 14.8 Å². The van der Waals surface area contributed by atoms with Crippen LogP contribution in [-0.2, 0) is 17.8 Å². The first-order valence-corrected chi connectivity index (χ1v) is 8.69. The van der Waals surface area contributed by atoms with Gasteiger partial charge in [0.05, 0.1) is 17.6 Å². The van der Waals surface area contributed by atoms with Crippen LogP contribution in [0.4, 0.5) is 5.69 Å². The van der Waals surface area contributed by atoms with Crippen LogP contribution in [0.25, 0.3) is 17.3 Å². The Morgan fingerprint density at radius 1 is 1.23 bits per heavy atom. The lowest BCUT2D eigenvalue weighted by atomic mass is 10.1. The number of aryl methyl sites for hydroxylation is 2. The highest BCUT2D eigenvalue weighted by molar-refractivity contribution is 6.02. The topological polar surface area (TPSA) is 72.7 Å². The van der Waals surface area contributed by atoms with Gasteiger partial charge in [-0.25, -0.2) is 4.98 Å². The Labute approximate surface area is 151 Å². The molecule has 1 aliphatic heterocycles. The van der Waals surface area contributed by atoms with Crippen LogP contribution in [0.3, 0.4) is 0 Å². The number of hydrogen-bond donors (Lipinski definition) is 1. The van der Waals surface area contributed by atoms with E-state index in [0.29, 0.717) is 5.69 Å². The van der Waals surface area contributed by atoms with Crippen LogP contribution in [0.2, 0.25) is 0 Å². The summed E-state index contributed by atoms with van der Waals surface area (Å²) in [6.07, 6.45) is 13.4. The molecule has 6 heteroatoms. The Balaban J connectivity index is 1.48. The number of rotatable bonds is 4. The normalized spacial score (nSPS) is 13.5. The van der Waals surface area contributed by atoms with Crippen molar-refractivity contribution in [3.8, 4) is 11.3 Å². The third kappa shape index (κ3) is 3.69. The van der Waals surface area contributed by atoms with Crippen LogP contribution >= 0.6 is 0 Å². The van der Waals surface area contributed by atoms with E-state index in [4.69, 9.17) is 4.98 Å². The van der Waals surface area contributed by atoms with Gasteiger partial charge in [-0.1, -0.05) is 12.1 Å². The molecule has 0 unspecified atom stereocenters. The summed E-state index contributed by atoms with van der Waals surface area (Å²) in [6, 6.07) is 7.75. The van der Waals surface area contributed by atoms with Crippen LogP contribution in [-0.4, -0.2) is 25.4 Å². The quantitative estimate of drug-likeness (QED) is 0.736. The highest BCUT2D eigenvalue weighted by Gasteiger charge is 2.13. The molecular formula is C20H19N5O. The van der Waals surface area contributed by atoms with E-state index in [2.05, 4.69) is 26.0 Å². The van der Waals surface area contributed by atoms with Crippen molar-refractivity contribution in [3.05, 3.63) is 66.6 Å². The molecule has 0 bridgehead atoms. The fraction of sp³-hybridized carbons (Fsp3) is 0.200. The van der Waals surface area contributed by atoms with Crippen LogP contribution in [0.5, 0.6) is 0 Å². The van der Waals surface area contributed by atoms with Crippen LogP contribution in [0, 0.1) is 0 Å². The van der Waals surface area contributed by atoms with E-state index in [1.807, 2.05) is 24.3 Å². The number of nitrogens with one attached hydrogen (secondary N) is 1. The molecule has 0 saturated heterocycles. The maximum Gasteiger partial charge on any atom is 0.248 e. The molecule has 3 aromatic rings. The second-order valence-electron chi connectivity index (χ2n) is 6.23. The molecule has 2 aromatic heterocycles. The molecule has 1 aromatic carbocycles. The SMILES string of the molecule is O=C(/C=C\c1cnccn1)Nc1cccc(-c2cn3c(n2)CCCC3)c1. The summed E-state index contributed by atoms with van der Waals surface area (Å²) in [5.74, 6) is 0.935. The van der Waals surface area contributed by atoms with Crippen molar-refractivity contribution in [1.29, 1.82) is 0 Å². The Hall–Kier alpha value is -3.28. The Kier molecular flexibility index (Phi) is 4.55. The van der Waals surface area contributed by atoms with Crippen molar-refractivity contribution in [3.63, 3.8) is 0 Å². The molecule has 130 valence electrons. The minimum absolute atomic E-state index is 0.211. The molecule has 1 amide bonds. The Bertz CT molecular complexity index is 922. The minimum Gasteiger partial charge on any atom is -0.334 e. The number of imidazole rings is 1. The van der Waals surface area contributed by atoms with Gasteiger partial charge in [0.15, 0.2) is 0 Å². The van der Waals surface area contributed by atoms with E-state index < -0.39 is 0 Å². The number of carbonyl (C=O) groups is 1. The summed E-state index contributed by atoms with van der Waals surface area (Å²) >= 11 is 0.